The number of carbonyl (C=O) groups excluding carboxylic acids is 2. The van der Waals surface area contributed by atoms with Crippen molar-refractivity contribution in [1.82, 2.24) is 15.0 Å². The SMILES string of the molecule is CCN=Cc1c(N)cc(C(=O)Nc2ccc(C)cn2)cc1Oc1cnc(NC(C)=O)cn1. The highest BCUT2D eigenvalue weighted by Crippen LogP contribution is 2.29. The van der Waals surface area contributed by atoms with Gasteiger partial charge in [-0.3, -0.25) is 14.6 Å². The molecule has 0 aliphatic rings. The summed E-state index contributed by atoms with van der Waals surface area (Å²) in [5.41, 5.74) is 8.26. The Morgan fingerprint density at radius 1 is 1.09 bits per heavy atom. The predicted molar refractivity (Wildman–Crippen MR) is 122 cm³/mol. The monoisotopic (exact) mass is 433 g/mol. The van der Waals surface area contributed by atoms with Crippen molar-refractivity contribution in [3.05, 3.63) is 59.5 Å². The van der Waals surface area contributed by atoms with Crippen molar-refractivity contribution >= 4 is 35.4 Å². The van der Waals surface area contributed by atoms with E-state index in [2.05, 4.69) is 30.6 Å². The summed E-state index contributed by atoms with van der Waals surface area (Å²) in [5.74, 6) is 0.478. The molecule has 0 atom stereocenters. The number of aliphatic imine (C=N–C) groups is 1. The van der Waals surface area contributed by atoms with Crippen molar-refractivity contribution in [1.29, 1.82) is 0 Å². The molecule has 3 aromatic rings. The van der Waals surface area contributed by atoms with E-state index in [-0.39, 0.29) is 28.9 Å². The maximum Gasteiger partial charge on any atom is 0.257 e. The van der Waals surface area contributed by atoms with Gasteiger partial charge < -0.3 is 21.1 Å². The van der Waals surface area contributed by atoms with E-state index in [1.165, 1.54) is 19.3 Å². The summed E-state index contributed by atoms with van der Waals surface area (Å²) in [5, 5.41) is 5.26. The number of hydrogen-bond acceptors (Lipinski definition) is 8. The van der Waals surface area contributed by atoms with Gasteiger partial charge in [0.15, 0.2) is 5.82 Å². The number of benzene rings is 1. The fourth-order valence-electron chi connectivity index (χ4n) is 2.64. The van der Waals surface area contributed by atoms with Gasteiger partial charge in [-0.1, -0.05) is 6.07 Å². The average Bonchev–Trinajstić information content (AvgIpc) is 2.75. The number of nitrogens with two attached hydrogens (primary N) is 1. The summed E-state index contributed by atoms with van der Waals surface area (Å²) in [4.78, 5) is 40.5. The number of amides is 2. The van der Waals surface area contributed by atoms with Crippen LogP contribution in [0.25, 0.3) is 0 Å². The maximum atomic E-state index is 12.8. The molecule has 3 rings (SSSR count). The van der Waals surface area contributed by atoms with Crippen LogP contribution in [-0.4, -0.2) is 39.5 Å². The van der Waals surface area contributed by atoms with Crippen LogP contribution in [-0.2, 0) is 4.79 Å². The number of aromatic nitrogens is 3. The fourth-order valence-corrected chi connectivity index (χ4v) is 2.64. The van der Waals surface area contributed by atoms with E-state index in [0.717, 1.165) is 5.56 Å². The molecule has 0 aliphatic carbocycles. The van der Waals surface area contributed by atoms with Crippen molar-refractivity contribution in [3.8, 4) is 11.6 Å². The molecule has 10 nitrogen and oxygen atoms in total. The molecule has 0 spiro atoms. The predicted octanol–water partition coefficient (Wildman–Crippen LogP) is 3.20. The lowest BCUT2D eigenvalue weighted by atomic mass is 10.1. The lowest BCUT2D eigenvalue weighted by molar-refractivity contribution is -0.114. The summed E-state index contributed by atoms with van der Waals surface area (Å²) in [7, 11) is 0. The number of nitrogens with one attached hydrogen (secondary N) is 2. The third-order valence-corrected chi connectivity index (χ3v) is 4.14. The number of aryl methyl sites for hydroxylation is 1. The van der Waals surface area contributed by atoms with E-state index in [0.29, 0.717) is 23.6 Å². The lowest BCUT2D eigenvalue weighted by Crippen LogP contribution is -2.14. The standard InChI is InChI=1S/C22H23N7O3/c1-4-24-10-16-17(23)7-15(22(31)29-19-6-5-13(2)9-25-19)8-18(16)32-21-12-26-20(11-27-21)28-14(3)30/h5-12H,4,23H2,1-3H3,(H,25,29,31)(H,26,28,30). The molecule has 2 amide bonds. The molecule has 1 aromatic carbocycles. The number of carbonyl (C=O) groups is 2. The molecule has 0 saturated carbocycles. The molecule has 2 heterocycles. The Hall–Kier alpha value is -4.34. The Bertz CT molecular complexity index is 1140. The zero-order chi connectivity index (χ0) is 23.1. The van der Waals surface area contributed by atoms with Crippen LogP contribution in [0.15, 0.2) is 47.8 Å². The number of anilines is 3. The van der Waals surface area contributed by atoms with E-state index >= 15 is 0 Å². The highest BCUT2D eigenvalue weighted by molar-refractivity contribution is 6.06. The average molecular weight is 433 g/mol. The second kappa shape index (κ2) is 10.1. The number of ether oxygens (including phenoxy) is 1. The summed E-state index contributed by atoms with van der Waals surface area (Å²) in [6.07, 6.45) is 5.95. The summed E-state index contributed by atoms with van der Waals surface area (Å²) < 4.78 is 5.85. The Balaban J connectivity index is 1.90. The first-order valence-corrected chi connectivity index (χ1v) is 9.80. The third kappa shape index (κ3) is 5.85. The molecule has 164 valence electrons. The Labute approximate surface area is 185 Å². The second-order valence-corrected chi connectivity index (χ2v) is 6.80. The molecular weight excluding hydrogens is 410 g/mol. The quantitative estimate of drug-likeness (QED) is 0.383. The van der Waals surface area contributed by atoms with Gasteiger partial charge in [-0.15, -0.1) is 0 Å². The smallest absolute Gasteiger partial charge is 0.257 e. The second-order valence-electron chi connectivity index (χ2n) is 6.80. The van der Waals surface area contributed by atoms with E-state index in [1.807, 2.05) is 19.9 Å². The molecule has 0 unspecified atom stereocenters. The van der Waals surface area contributed by atoms with Crippen LogP contribution in [0.1, 0.15) is 35.3 Å². The van der Waals surface area contributed by atoms with Gasteiger partial charge in [-0.05, 0) is 37.6 Å². The molecule has 4 N–H and O–H groups in total. The Kier molecular flexibility index (Phi) is 7.06. The van der Waals surface area contributed by atoms with Crippen molar-refractivity contribution < 1.29 is 14.3 Å². The van der Waals surface area contributed by atoms with Gasteiger partial charge in [0.2, 0.25) is 11.8 Å². The van der Waals surface area contributed by atoms with E-state index in [9.17, 15) is 9.59 Å². The number of nitrogen functional groups attached to an aromatic ring is 1. The normalized spacial score (nSPS) is 10.7. The molecule has 0 bridgehead atoms. The van der Waals surface area contributed by atoms with E-state index < -0.39 is 5.91 Å². The molecule has 32 heavy (non-hydrogen) atoms. The minimum Gasteiger partial charge on any atom is -0.437 e. The van der Waals surface area contributed by atoms with Gasteiger partial charge in [0.25, 0.3) is 5.91 Å². The van der Waals surface area contributed by atoms with Crippen LogP contribution in [0, 0.1) is 6.92 Å². The minimum atomic E-state index is -0.399. The maximum absolute atomic E-state index is 12.8. The van der Waals surface area contributed by atoms with Gasteiger partial charge in [0.05, 0.1) is 18.0 Å². The third-order valence-electron chi connectivity index (χ3n) is 4.14. The van der Waals surface area contributed by atoms with Crippen molar-refractivity contribution in [2.24, 2.45) is 4.99 Å². The van der Waals surface area contributed by atoms with Crippen molar-refractivity contribution in [2.75, 3.05) is 22.9 Å². The van der Waals surface area contributed by atoms with Gasteiger partial charge in [-0.25, -0.2) is 15.0 Å². The highest BCUT2D eigenvalue weighted by atomic mass is 16.5. The summed E-state index contributed by atoms with van der Waals surface area (Å²) in [6.45, 7) is 5.71. The number of nitrogens with zero attached hydrogens (tertiary/aromatic N) is 4. The molecule has 10 heteroatoms. The van der Waals surface area contributed by atoms with Gasteiger partial charge in [0, 0.05) is 37.1 Å². The summed E-state index contributed by atoms with van der Waals surface area (Å²) in [6, 6.07) is 6.64. The zero-order valence-electron chi connectivity index (χ0n) is 17.9. The lowest BCUT2D eigenvalue weighted by Gasteiger charge is -2.13. The summed E-state index contributed by atoms with van der Waals surface area (Å²) >= 11 is 0. The minimum absolute atomic E-state index is 0.155. The fraction of sp³-hybridized carbons (Fsp3) is 0.182. The number of pyridine rings is 1. The van der Waals surface area contributed by atoms with Crippen LogP contribution in [0.5, 0.6) is 11.6 Å². The molecule has 0 fully saturated rings. The van der Waals surface area contributed by atoms with Crippen molar-refractivity contribution in [2.45, 2.75) is 20.8 Å². The highest BCUT2D eigenvalue weighted by Gasteiger charge is 2.16. The molecule has 0 aliphatic heterocycles. The van der Waals surface area contributed by atoms with Crippen LogP contribution in [0.2, 0.25) is 0 Å². The first-order chi connectivity index (χ1) is 15.4. The number of rotatable bonds is 7. The van der Waals surface area contributed by atoms with Crippen LogP contribution in [0.3, 0.4) is 0 Å². The zero-order valence-corrected chi connectivity index (χ0v) is 17.9. The first-order valence-electron chi connectivity index (χ1n) is 9.80. The van der Waals surface area contributed by atoms with Crippen LogP contribution < -0.4 is 21.1 Å². The Morgan fingerprint density at radius 3 is 2.50 bits per heavy atom. The van der Waals surface area contributed by atoms with Crippen LogP contribution >= 0.6 is 0 Å². The van der Waals surface area contributed by atoms with Crippen LogP contribution in [0.4, 0.5) is 17.3 Å². The molecule has 2 aromatic heterocycles. The van der Waals surface area contributed by atoms with E-state index in [4.69, 9.17) is 10.5 Å². The Morgan fingerprint density at radius 2 is 1.88 bits per heavy atom. The number of hydrogen-bond donors (Lipinski definition) is 3. The first kappa shape index (κ1) is 22.3. The largest absolute Gasteiger partial charge is 0.437 e. The molecule has 0 saturated heterocycles. The molecule has 0 radical (unpaired) electrons. The topological polar surface area (TPSA) is 144 Å². The van der Waals surface area contributed by atoms with Gasteiger partial charge >= 0.3 is 0 Å². The molecular formula is C22H23N7O3. The van der Waals surface area contributed by atoms with E-state index in [1.54, 1.807) is 30.6 Å². The van der Waals surface area contributed by atoms with Gasteiger partial charge in [0.1, 0.15) is 11.6 Å². The van der Waals surface area contributed by atoms with Gasteiger partial charge in [-0.2, -0.15) is 0 Å². The van der Waals surface area contributed by atoms with Crippen molar-refractivity contribution in [3.63, 3.8) is 0 Å².